The van der Waals surface area contributed by atoms with Gasteiger partial charge in [-0.25, -0.2) is 0 Å². The largest absolute Gasteiger partial charge is 0.481 e. The minimum absolute atomic E-state index is 0.0646. The Labute approximate surface area is 82.9 Å². The maximum absolute atomic E-state index is 10.5. The van der Waals surface area contributed by atoms with Crippen LogP contribution in [0.1, 0.15) is 23.6 Å². The highest BCUT2D eigenvalue weighted by Gasteiger charge is 2.12. The van der Waals surface area contributed by atoms with Crippen LogP contribution in [-0.4, -0.2) is 11.1 Å². The predicted molar refractivity (Wildman–Crippen MR) is 55.7 cm³/mol. The fraction of sp³-hybridized carbons (Fsp3) is 0.182. The fourth-order valence-electron chi connectivity index (χ4n) is 1.33. The highest BCUT2D eigenvalue weighted by molar-refractivity contribution is 5.68. The molecular weight excluding hydrogens is 178 g/mol. The van der Waals surface area contributed by atoms with Gasteiger partial charge in [-0.1, -0.05) is 36.9 Å². The third-order valence-corrected chi connectivity index (χ3v) is 2.01. The molecule has 0 aromatic heterocycles. The quantitative estimate of drug-likeness (QED) is 0.762. The Balaban J connectivity index is 2.93. The minimum Gasteiger partial charge on any atom is -0.481 e. The first-order chi connectivity index (χ1) is 6.65. The summed E-state index contributed by atoms with van der Waals surface area (Å²) in [6.07, 6.45) is 1.61. The average molecular weight is 191 g/mol. The second-order valence-corrected chi connectivity index (χ2v) is 3.04. The maximum atomic E-state index is 10.5. The Morgan fingerprint density at radius 2 is 2.21 bits per heavy atom. The predicted octanol–water partition coefficient (Wildman–Crippen LogP) is 1.80. The van der Waals surface area contributed by atoms with Crippen LogP contribution < -0.4 is 5.73 Å². The molecule has 1 aromatic carbocycles. The molecule has 1 unspecified atom stereocenters. The number of hydrogen-bond acceptors (Lipinski definition) is 2. The maximum Gasteiger partial charge on any atom is 0.305 e. The van der Waals surface area contributed by atoms with Gasteiger partial charge in [-0.05, 0) is 11.1 Å². The summed E-state index contributed by atoms with van der Waals surface area (Å²) in [6.45, 7) is 3.65. The molecule has 0 heterocycles. The number of rotatable bonds is 4. The number of carboxylic acid groups (broad SMARTS) is 1. The molecule has 1 rings (SSSR count). The Morgan fingerprint density at radius 3 is 2.79 bits per heavy atom. The number of carboxylic acids is 1. The Hall–Kier alpha value is -1.61. The molecule has 0 radical (unpaired) electrons. The molecule has 0 aliphatic rings. The van der Waals surface area contributed by atoms with Gasteiger partial charge in [0, 0.05) is 6.04 Å². The highest BCUT2D eigenvalue weighted by Crippen LogP contribution is 2.19. The summed E-state index contributed by atoms with van der Waals surface area (Å²) in [4.78, 5) is 10.5. The van der Waals surface area contributed by atoms with Gasteiger partial charge in [-0.3, -0.25) is 4.79 Å². The van der Waals surface area contributed by atoms with E-state index in [2.05, 4.69) is 6.58 Å². The van der Waals surface area contributed by atoms with Crippen LogP contribution in [0.2, 0.25) is 0 Å². The van der Waals surface area contributed by atoms with Crippen molar-refractivity contribution in [1.29, 1.82) is 0 Å². The third-order valence-electron chi connectivity index (χ3n) is 2.01. The van der Waals surface area contributed by atoms with Gasteiger partial charge in [-0.15, -0.1) is 0 Å². The van der Waals surface area contributed by atoms with Crippen molar-refractivity contribution in [3.8, 4) is 0 Å². The van der Waals surface area contributed by atoms with Crippen molar-refractivity contribution in [1.82, 2.24) is 0 Å². The lowest BCUT2D eigenvalue weighted by Gasteiger charge is -2.12. The van der Waals surface area contributed by atoms with E-state index in [-0.39, 0.29) is 6.42 Å². The van der Waals surface area contributed by atoms with E-state index in [9.17, 15) is 4.79 Å². The highest BCUT2D eigenvalue weighted by atomic mass is 16.4. The van der Waals surface area contributed by atoms with Gasteiger partial charge in [0.05, 0.1) is 6.42 Å². The summed E-state index contributed by atoms with van der Waals surface area (Å²) < 4.78 is 0. The lowest BCUT2D eigenvalue weighted by atomic mass is 9.99. The van der Waals surface area contributed by atoms with Crippen molar-refractivity contribution >= 4 is 12.0 Å². The van der Waals surface area contributed by atoms with E-state index in [0.29, 0.717) is 0 Å². The summed E-state index contributed by atoms with van der Waals surface area (Å²) in [5.41, 5.74) is 7.46. The molecule has 0 aliphatic carbocycles. The molecule has 1 atom stereocenters. The van der Waals surface area contributed by atoms with Gasteiger partial charge in [0.15, 0.2) is 0 Å². The molecule has 1 aromatic rings. The molecule has 0 spiro atoms. The van der Waals surface area contributed by atoms with E-state index in [1.54, 1.807) is 6.08 Å². The normalized spacial score (nSPS) is 12.1. The molecule has 0 saturated carbocycles. The monoisotopic (exact) mass is 191 g/mol. The van der Waals surface area contributed by atoms with E-state index in [1.165, 1.54) is 0 Å². The van der Waals surface area contributed by atoms with Crippen molar-refractivity contribution in [2.45, 2.75) is 12.5 Å². The van der Waals surface area contributed by atoms with Crippen LogP contribution in [0.15, 0.2) is 30.8 Å². The van der Waals surface area contributed by atoms with E-state index in [4.69, 9.17) is 10.8 Å². The van der Waals surface area contributed by atoms with Crippen LogP contribution in [0.25, 0.3) is 6.08 Å². The zero-order valence-electron chi connectivity index (χ0n) is 7.81. The minimum atomic E-state index is -0.892. The average Bonchev–Trinajstić information content (AvgIpc) is 2.16. The molecule has 74 valence electrons. The SMILES string of the molecule is C=Cc1ccccc1C(N)CC(=O)O. The molecule has 3 N–H and O–H groups in total. The van der Waals surface area contributed by atoms with Crippen LogP contribution in [0, 0.1) is 0 Å². The van der Waals surface area contributed by atoms with Gasteiger partial charge < -0.3 is 10.8 Å². The van der Waals surface area contributed by atoms with E-state index < -0.39 is 12.0 Å². The Morgan fingerprint density at radius 1 is 1.57 bits per heavy atom. The van der Waals surface area contributed by atoms with E-state index in [1.807, 2.05) is 24.3 Å². The van der Waals surface area contributed by atoms with Crippen LogP contribution in [0.3, 0.4) is 0 Å². The zero-order chi connectivity index (χ0) is 10.6. The van der Waals surface area contributed by atoms with Crippen LogP contribution in [0.4, 0.5) is 0 Å². The van der Waals surface area contributed by atoms with Gasteiger partial charge in [0.25, 0.3) is 0 Å². The number of nitrogens with two attached hydrogens (primary N) is 1. The van der Waals surface area contributed by atoms with Crippen LogP contribution in [-0.2, 0) is 4.79 Å². The first-order valence-electron chi connectivity index (χ1n) is 4.34. The topological polar surface area (TPSA) is 63.3 Å². The molecule has 3 nitrogen and oxygen atoms in total. The Kier molecular flexibility index (Phi) is 3.42. The van der Waals surface area contributed by atoms with Crippen molar-refractivity contribution in [3.05, 3.63) is 42.0 Å². The zero-order valence-corrected chi connectivity index (χ0v) is 7.81. The first-order valence-corrected chi connectivity index (χ1v) is 4.34. The van der Waals surface area contributed by atoms with E-state index >= 15 is 0 Å². The molecular formula is C11H13NO2. The lowest BCUT2D eigenvalue weighted by molar-refractivity contribution is -0.137. The second kappa shape index (κ2) is 4.58. The van der Waals surface area contributed by atoms with Crippen LogP contribution in [0.5, 0.6) is 0 Å². The third kappa shape index (κ3) is 2.44. The summed E-state index contributed by atoms with van der Waals surface area (Å²) in [6, 6.07) is 6.92. The van der Waals surface area contributed by atoms with Gasteiger partial charge in [0.1, 0.15) is 0 Å². The fourth-order valence-corrected chi connectivity index (χ4v) is 1.33. The van der Waals surface area contributed by atoms with Gasteiger partial charge >= 0.3 is 5.97 Å². The first kappa shape index (κ1) is 10.5. The Bertz CT molecular complexity index is 347. The molecule has 14 heavy (non-hydrogen) atoms. The molecule has 0 amide bonds. The number of benzene rings is 1. The van der Waals surface area contributed by atoms with Crippen molar-refractivity contribution in [3.63, 3.8) is 0 Å². The number of aliphatic carboxylic acids is 1. The van der Waals surface area contributed by atoms with Crippen molar-refractivity contribution in [2.75, 3.05) is 0 Å². The summed E-state index contributed by atoms with van der Waals surface area (Å²) in [7, 11) is 0. The summed E-state index contributed by atoms with van der Waals surface area (Å²) in [5, 5.41) is 8.60. The van der Waals surface area contributed by atoms with Gasteiger partial charge in [-0.2, -0.15) is 0 Å². The second-order valence-electron chi connectivity index (χ2n) is 3.04. The number of carbonyl (C=O) groups is 1. The molecule has 0 bridgehead atoms. The summed E-state index contributed by atoms with van der Waals surface area (Å²) in [5.74, 6) is -0.892. The molecule has 0 aliphatic heterocycles. The van der Waals surface area contributed by atoms with E-state index in [0.717, 1.165) is 11.1 Å². The number of hydrogen-bond donors (Lipinski definition) is 2. The molecule has 0 fully saturated rings. The standard InChI is InChI=1S/C11H13NO2/c1-2-8-5-3-4-6-9(8)10(12)7-11(13)14/h2-6,10H,1,7,12H2,(H,13,14). The smallest absolute Gasteiger partial charge is 0.305 e. The summed E-state index contributed by atoms with van der Waals surface area (Å²) >= 11 is 0. The van der Waals surface area contributed by atoms with Gasteiger partial charge in [0.2, 0.25) is 0 Å². The molecule has 3 heteroatoms. The molecule has 0 saturated heterocycles. The van der Waals surface area contributed by atoms with Crippen molar-refractivity contribution in [2.24, 2.45) is 5.73 Å². The lowest BCUT2D eigenvalue weighted by Crippen LogP contribution is -2.15. The van der Waals surface area contributed by atoms with Crippen molar-refractivity contribution < 1.29 is 9.90 Å². The van der Waals surface area contributed by atoms with Crippen LogP contribution >= 0.6 is 0 Å².